The van der Waals surface area contributed by atoms with Crippen LogP contribution in [0.4, 0.5) is 5.69 Å². The van der Waals surface area contributed by atoms with Crippen LogP contribution in [-0.2, 0) is 11.2 Å². The monoisotopic (exact) mass is 369 g/mol. The molecular weight excluding hydrogens is 354 g/mol. The number of carbonyl (C=O) groups is 1. The molecule has 1 amide bonds. The first kappa shape index (κ1) is 16.2. The van der Waals surface area contributed by atoms with Gasteiger partial charge in [-0.3, -0.25) is 4.79 Å². The average Bonchev–Trinajstić information content (AvgIpc) is 3.39. The Labute approximate surface area is 159 Å². The molecule has 2 aromatic carbocycles. The SMILES string of the molecule is O=C(Cc1coc2ccc3ccccc3c12)Nc1ccc(-n2cncn2)nc1. The van der Waals surface area contributed by atoms with E-state index in [0.717, 1.165) is 27.3 Å². The molecule has 0 fully saturated rings. The molecule has 0 bridgehead atoms. The van der Waals surface area contributed by atoms with Gasteiger partial charge in [-0.2, -0.15) is 5.10 Å². The van der Waals surface area contributed by atoms with Gasteiger partial charge in [0.05, 0.1) is 24.6 Å². The van der Waals surface area contributed by atoms with Crippen molar-refractivity contribution >= 4 is 33.3 Å². The third-order valence-electron chi connectivity index (χ3n) is 4.58. The Hall–Kier alpha value is -4.00. The van der Waals surface area contributed by atoms with Crippen LogP contribution in [0.2, 0.25) is 0 Å². The molecule has 3 aromatic heterocycles. The zero-order chi connectivity index (χ0) is 18.9. The Morgan fingerprint density at radius 3 is 2.86 bits per heavy atom. The van der Waals surface area contributed by atoms with Crippen LogP contribution in [0.25, 0.3) is 27.6 Å². The second kappa shape index (κ2) is 6.62. The summed E-state index contributed by atoms with van der Waals surface area (Å²) in [4.78, 5) is 20.7. The summed E-state index contributed by atoms with van der Waals surface area (Å²) < 4.78 is 7.21. The number of rotatable bonds is 4. The summed E-state index contributed by atoms with van der Waals surface area (Å²) in [6, 6.07) is 15.6. The molecule has 136 valence electrons. The number of nitrogens with zero attached hydrogens (tertiary/aromatic N) is 4. The number of nitrogens with one attached hydrogen (secondary N) is 1. The number of aromatic nitrogens is 4. The fraction of sp³-hybridized carbons (Fsp3) is 0.0476. The fourth-order valence-electron chi connectivity index (χ4n) is 3.30. The quantitative estimate of drug-likeness (QED) is 0.521. The molecule has 0 spiro atoms. The van der Waals surface area contributed by atoms with Crippen molar-refractivity contribution in [3.63, 3.8) is 0 Å². The molecular formula is C21H15N5O2. The lowest BCUT2D eigenvalue weighted by atomic mass is 10.0. The molecule has 0 aliphatic carbocycles. The van der Waals surface area contributed by atoms with Gasteiger partial charge in [0.15, 0.2) is 5.82 Å². The molecule has 7 nitrogen and oxygen atoms in total. The van der Waals surface area contributed by atoms with Crippen LogP contribution in [0.3, 0.4) is 0 Å². The summed E-state index contributed by atoms with van der Waals surface area (Å²) >= 11 is 0. The maximum Gasteiger partial charge on any atom is 0.228 e. The minimum Gasteiger partial charge on any atom is -0.464 e. The molecule has 0 saturated carbocycles. The Balaban J connectivity index is 1.38. The minimum absolute atomic E-state index is 0.133. The van der Waals surface area contributed by atoms with Gasteiger partial charge in [0.2, 0.25) is 5.91 Å². The summed E-state index contributed by atoms with van der Waals surface area (Å²) in [5.74, 6) is 0.494. The molecule has 28 heavy (non-hydrogen) atoms. The summed E-state index contributed by atoms with van der Waals surface area (Å²) in [7, 11) is 0. The van der Waals surface area contributed by atoms with Gasteiger partial charge < -0.3 is 9.73 Å². The van der Waals surface area contributed by atoms with Gasteiger partial charge >= 0.3 is 0 Å². The first-order chi connectivity index (χ1) is 13.8. The van der Waals surface area contributed by atoms with Crippen molar-refractivity contribution in [2.24, 2.45) is 0 Å². The van der Waals surface area contributed by atoms with Crippen LogP contribution in [0.5, 0.6) is 0 Å². The highest BCUT2D eigenvalue weighted by atomic mass is 16.3. The molecule has 0 radical (unpaired) electrons. The van der Waals surface area contributed by atoms with Crippen molar-refractivity contribution in [3.8, 4) is 5.82 Å². The Morgan fingerprint density at radius 2 is 2.04 bits per heavy atom. The van der Waals surface area contributed by atoms with E-state index < -0.39 is 0 Å². The highest BCUT2D eigenvalue weighted by molar-refractivity contribution is 6.09. The summed E-state index contributed by atoms with van der Waals surface area (Å²) in [5, 5.41) is 10.1. The number of amides is 1. The Kier molecular flexibility index (Phi) is 3.83. The molecule has 0 aliphatic heterocycles. The lowest BCUT2D eigenvalue weighted by Gasteiger charge is -2.06. The molecule has 0 saturated heterocycles. The zero-order valence-corrected chi connectivity index (χ0v) is 14.7. The number of pyridine rings is 1. The molecule has 0 unspecified atom stereocenters. The van der Waals surface area contributed by atoms with Crippen LogP contribution in [0.15, 0.2) is 78.1 Å². The standard InChI is InChI=1S/C21H15N5O2/c27-20(25-16-6-8-19(23-10-16)26-13-22-12-24-26)9-15-11-28-18-7-5-14-3-1-2-4-17(14)21(15)18/h1-8,10-13H,9H2,(H,25,27). The van der Waals surface area contributed by atoms with E-state index in [0.29, 0.717) is 11.5 Å². The van der Waals surface area contributed by atoms with Gasteiger partial charge in [-0.25, -0.2) is 14.6 Å². The average molecular weight is 369 g/mol. The molecule has 7 heteroatoms. The van der Waals surface area contributed by atoms with Crippen LogP contribution in [0.1, 0.15) is 5.56 Å². The minimum atomic E-state index is -0.133. The van der Waals surface area contributed by atoms with E-state index >= 15 is 0 Å². The Bertz CT molecular complexity index is 1270. The van der Waals surface area contributed by atoms with E-state index in [4.69, 9.17) is 4.42 Å². The van der Waals surface area contributed by atoms with Crippen LogP contribution in [0, 0.1) is 0 Å². The van der Waals surface area contributed by atoms with E-state index in [1.54, 1.807) is 35.6 Å². The number of hydrogen-bond acceptors (Lipinski definition) is 5. The number of benzene rings is 2. The first-order valence-electron chi connectivity index (χ1n) is 8.77. The lowest BCUT2D eigenvalue weighted by molar-refractivity contribution is -0.115. The zero-order valence-electron chi connectivity index (χ0n) is 14.7. The van der Waals surface area contributed by atoms with Gasteiger partial charge in [-0.15, -0.1) is 0 Å². The predicted octanol–water partition coefficient (Wildman–Crippen LogP) is 3.74. The van der Waals surface area contributed by atoms with E-state index in [-0.39, 0.29) is 12.3 Å². The fourth-order valence-corrected chi connectivity index (χ4v) is 3.30. The predicted molar refractivity (Wildman–Crippen MR) is 105 cm³/mol. The van der Waals surface area contributed by atoms with Crippen LogP contribution >= 0.6 is 0 Å². The molecule has 0 aliphatic rings. The Morgan fingerprint density at radius 1 is 1.11 bits per heavy atom. The summed E-state index contributed by atoms with van der Waals surface area (Å²) in [5.41, 5.74) is 2.25. The molecule has 0 atom stereocenters. The van der Waals surface area contributed by atoms with Crippen molar-refractivity contribution in [2.45, 2.75) is 6.42 Å². The number of anilines is 1. The smallest absolute Gasteiger partial charge is 0.228 e. The van der Waals surface area contributed by atoms with Crippen molar-refractivity contribution in [1.29, 1.82) is 0 Å². The molecule has 3 heterocycles. The van der Waals surface area contributed by atoms with Crippen LogP contribution in [-0.4, -0.2) is 25.7 Å². The second-order valence-electron chi connectivity index (χ2n) is 6.39. The largest absolute Gasteiger partial charge is 0.464 e. The highest BCUT2D eigenvalue weighted by Crippen LogP contribution is 2.30. The highest BCUT2D eigenvalue weighted by Gasteiger charge is 2.13. The first-order valence-corrected chi connectivity index (χ1v) is 8.77. The maximum atomic E-state index is 12.6. The maximum absolute atomic E-state index is 12.6. The van der Waals surface area contributed by atoms with E-state index in [1.165, 1.54) is 6.33 Å². The van der Waals surface area contributed by atoms with Crippen molar-refractivity contribution in [2.75, 3.05) is 5.32 Å². The molecule has 5 aromatic rings. The van der Waals surface area contributed by atoms with Gasteiger partial charge in [-0.1, -0.05) is 30.3 Å². The normalized spacial score (nSPS) is 11.1. The van der Waals surface area contributed by atoms with E-state index in [1.807, 2.05) is 36.4 Å². The second-order valence-corrected chi connectivity index (χ2v) is 6.39. The van der Waals surface area contributed by atoms with Gasteiger partial charge in [0.1, 0.15) is 18.2 Å². The van der Waals surface area contributed by atoms with Crippen molar-refractivity contribution in [3.05, 3.63) is 79.2 Å². The van der Waals surface area contributed by atoms with E-state index in [9.17, 15) is 4.79 Å². The van der Waals surface area contributed by atoms with Gasteiger partial charge in [0.25, 0.3) is 0 Å². The van der Waals surface area contributed by atoms with Crippen molar-refractivity contribution < 1.29 is 9.21 Å². The summed E-state index contributed by atoms with van der Waals surface area (Å²) in [6.07, 6.45) is 6.47. The number of carbonyl (C=O) groups excluding carboxylic acids is 1. The number of hydrogen-bond donors (Lipinski definition) is 1. The number of furan rings is 1. The third kappa shape index (κ3) is 2.88. The molecule has 5 rings (SSSR count). The van der Waals surface area contributed by atoms with Gasteiger partial charge in [0, 0.05) is 10.9 Å². The molecule has 1 N–H and O–H groups in total. The lowest BCUT2D eigenvalue weighted by Crippen LogP contribution is -2.14. The van der Waals surface area contributed by atoms with Crippen LogP contribution < -0.4 is 5.32 Å². The van der Waals surface area contributed by atoms with E-state index in [2.05, 4.69) is 20.4 Å². The number of fused-ring (bicyclic) bond motifs is 3. The summed E-state index contributed by atoms with van der Waals surface area (Å²) in [6.45, 7) is 0. The van der Waals surface area contributed by atoms with Crippen molar-refractivity contribution in [1.82, 2.24) is 19.7 Å². The van der Waals surface area contributed by atoms with Gasteiger partial charge in [-0.05, 0) is 29.0 Å². The topological polar surface area (TPSA) is 85.8 Å². The third-order valence-corrected chi connectivity index (χ3v) is 4.58.